The van der Waals surface area contributed by atoms with Gasteiger partial charge < -0.3 is 10.2 Å². The Bertz CT molecular complexity index is 570. The van der Waals surface area contributed by atoms with Crippen molar-refractivity contribution in [3.05, 3.63) is 41.5 Å². The second-order valence-corrected chi connectivity index (χ2v) is 5.32. The van der Waals surface area contributed by atoms with E-state index < -0.39 is 11.7 Å². The van der Waals surface area contributed by atoms with Crippen LogP contribution in [0.4, 0.5) is 18.9 Å². The first-order chi connectivity index (χ1) is 9.95. The van der Waals surface area contributed by atoms with E-state index in [0.29, 0.717) is 6.42 Å². The Labute approximate surface area is 120 Å². The summed E-state index contributed by atoms with van der Waals surface area (Å²) in [5.74, 6) is -0.135. The third kappa shape index (κ3) is 2.75. The lowest BCUT2D eigenvalue weighted by atomic mass is 10.1. The number of fused-ring (bicyclic) bond motifs is 1. The SMILES string of the molecule is O=C([C@@H]1Cc2ccccc2N1)N1CC=C(C(F)(F)F)CC1. The van der Waals surface area contributed by atoms with Gasteiger partial charge in [0.25, 0.3) is 0 Å². The van der Waals surface area contributed by atoms with Gasteiger partial charge in [0, 0.05) is 30.8 Å². The quantitative estimate of drug-likeness (QED) is 0.808. The summed E-state index contributed by atoms with van der Waals surface area (Å²) in [6.45, 7) is 0.154. The molecule has 0 saturated carbocycles. The molecule has 1 aromatic rings. The summed E-state index contributed by atoms with van der Waals surface area (Å²) in [4.78, 5) is 13.9. The van der Waals surface area contributed by atoms with Crippen LogP contribution >= 0.6 is 0 Å². The van der Waals surface area contributed by atoms with Crippen LogP contribution in [0.2, 0.25) is 0 Å². The van der Waals surface area contributed by atoms with Gasteiger partial charge in [-0.3, -0.25) is 4.79 Å². The summed E-state index contributed by atoms with van der Waals surface area (Å²) in [5, 5.41) is 3.14. The molecule has 2 aliphatic rings. The number of para-hydroxylation sites is 1. The van der Waals surface area contributed by atoms with Gasteiger partial charge in [-0.05, 0) is 18.1 Å². The number of carbonyl (C=O) groups excluding carboxylic acids is 1. The average molecular weight is 296 g/mol. The summed E-state index contributed by atoms with van der Waals surface area (Å²) in [6, 6.07) is 7.28. The standard InChI is InChI=1S/C15H15F3N2O/c16-15(17,18)11-5-7-20(8-6-11)14(21)13-9-10-3-1-2-4-12(10)19-13/h1-5,13,19H,6-9H2/t13-/m0/s1. The van der Waals surface area contributed by atoms with Crippen molar-refractivity contribution in [3.8, 4) is 0 Å². The number of amides is 1. The van der Waals surface area contributed by atoms with Crippen LogP contribution in [0.5, 0.6) is 0 Å². The summed E-state index contributed by atoms with van der Waals surface area (Å²) >= 11 is 0. The van der Waals surface area contributed by atoms with E-state index in [1.54, 1.807) is 0 Å². The van der Waals surface area contributed by atoms with Crippen molar-refractivity contribution in [1.82, 2.24) is 4.90 Å². The molecule has 1 N–H and O–H groups in total. The lowest BCUT2D eigenvalue weighted by Crippen LogP contribution is -2.44. The number of rotatable bonds is 1. The lowest BCUT2D eigenvalue weighted by molar-refractivity contribution is -0.132. The molecular weight excluding hydrogens is 281 g/mol. The van der Waals surface area contributed by atoms with Crippen LogP contribution < -0.4 is 5.32 Å². The molecule has 0 unspecified atom stereocenters. The first-order valence-electron chi connectivity index (χ1n) is 6.84. The average Bonchev–Trinajstić information content (AvgIpc) is 2.89. The highest BCUT2D eigenvalue weighted by atomic mass is 19.4. The number of benzene rings is 1. The highest BCUT2D eigenvalue weighted by Gasteiger charge is 2.37. The molecule has 1 atom stereocenters. The maximum Gasteiger partial charge on any atom is 0.412 e. The minimum atomic E-state index is -4.28. The minimum Gasteiger partial charge on any atom is -0.373 e. The van der Waals surface area contributed by atoms with E-state index in [1.807, 2.05) is 24.3 Å². The van der Waals surface area contributed by atoms with E-state index in [0.717, 1.165) is 17.3 Å². The maximum absolute atomic E-state index is 12.6. The Balaban J connectivity index is 1.65. The van der Waals surface area contributed by atoms with E-state index >= 15 is 0 Å². The van der Waals surface area contributed by atoms with Gasteiger partial charge in [0.05, 0.1) is 0 Å². The Morgan fingerprint density at radius 2 is 2.05 bits per heavy atom. The zero-order chi connectivity index (χ0) is 15.0. The largest absolute Gasteiger partial charge is 0.412 e. The molecule has 1 amide bonds. The number of hydrogen-bond donors (Lipinski definition) is 1. The van der Waals surface area contributed by atoms with Gasteiger partial charge in [0.15, 0.2) is 0 Å². The van der Waals surface area contributed by atoms with Crippen LogP contribution in [0.3, 0.4) is 0 Å². The first kappa shape index (κ1) is 14.0. The normalized spacial score (nSPS) is 21.6. The third-order valence-electron chi connectivity index (χ3n) is 3.95. The molecule has 21 heavy (non-hydrogen) atoms. The number of anilines is 1. The predicted octanol–water partition coefficient (Wildman–Crippen LogP) is 2.74. The molecular formula is C15H15F3N2O. The van der Waals surface area contributed by atoms with Crippen LogP contribution in [-0.2, 0) is 11.2 Å². The molecule has 1 aromatic carbocycles. The molecule has 0 radical (unpaired) electrons. The monoisotopic (exact) mass is 296 g/mol. The molecule has 0 spiro atoms. The van der Waals surface area contributed by atoms with Crippen molar-refractivity contribution >= 4 is 11.6 Å². The van der Waals surface area contributed by atoms with Crippen LogP contribution in [0, 0.1) is 0 Å². The van der Waals surface area contributed by atoms with Crippen molar-refractivity contribution in [1.29, 1.82) is 0 Å². The van der Waals surface area contributed by atoms with E-state index in [2.05, 4.69) is 5.32 Å². The second-order valence-electron chi connectivity index (χ2n) is 5.32. The van der Waals surface area contributed by atoms with Crippen molar-refractivity contribution in [3.63, 3.8) is 0 Å². The third-order valence-corrected chi connectivity index (χ3v) is 3.95. The van der Waals surface area contributed by atoms with Crippen molar-refractivity contribution in [2.24, 2.45) is 0 Å². The fourth-order valence-corrected chi connectivity index (χ4v) is 2.79. The Morgan fingerprint density at radius 3 is 2.67 bits per heavy atom. The number of carbonyl (C=O) groups is 1. The smallest absolute Gasteiger partial charge is 0.373 e. The second kappa shape index (κ2) is 5.09. The molecule has 0 aromatic heterocycles. The molecule has 3 nitrogen and oxygen atoms in total. The van der Waals surface area contributed by atoms with Crippen LogP contribution in [0.25, 0.3) is 0 Å². The molecule has 0 bridgehead atoms. The molecule has 6 heteroatoms. The zero-order valence-corrected chi connectivity index (χ0v) is 11.3. The lowest BCUT2D eigenvalue weighted by Gasteiger charge is -2.29. The van der Waals surface area contributed by atoms with E-state index in [4.69, 9.17) is 0 Å². The van der Waals surface area contributed by atoms with Gasteiger partial charge in [-0.25, -0.2) is 0 Å². The van der Waals surface area contributed by atoms with E-state index in [9.17, 15) is 18.0 Å². The molecule has 2 aliphatic heterocycles. The highest BCUT2D eigenvalue weighted by Crippen LogP contribution is 2.31. The molecule has 0 saturated heterocycles. The maximum atomic E-state index is 12.6. The van der Waals surface area contributed by atoms with E-state index in [-0.39, 0.29) is 31.5 Å². The first-order valence-corrected chi connectivity index (χ1v) is 6.84. The van der Waals surface area contributed by atoms with E-state index in [1.165, 1.54) is 4.90 Å². The number of hydrogen-bond acceptors (Lipinski definition) is 2. The fourth-order valence-electron chi connectivity index (χ4n) is 2.79. The summed E-state index contributed by atoms with van der Waals surface area (Å²) in [6.07, 6.45) is -2.71. The summed E-state index contributed by atoms with van der Waals surface area (Å²) in [5.41, 5.74) is 1.47. The van der Waals surface area contributed by atoms with Crippen LogP contribution in [0.15, 0.2) is 35.9 Å². The number of nitrogens with one attached hydrogen (secondary N) is 1. The predicted molar refractivity (Wildman–Crippen MR) is 72.9 cm³/mol. The summed E-state index contributed by atoms with van der Waals surface area (Å²) in [7, 11) is 0. The molecule has 0 fully saturated rings. The topological polar surface area (TPSA) is 32.3 Å². The molecule has 0 aliphatic carbocycles. The molecule has 112 valence electrons. The molecule has 2 heterocycles. The highest BCUT2D eigenvalue weighted by molar-refractivity contribution is 5.87. The minimum absolute atomic E-state index is 0.0300. The molecule has 3 rings (SSSR count). The number of alkyl halides is 3. The van der Waals surface area contributed by atoms with Gasteiger partial charge in [0.1, 0.15) is 6.04 Å². The van der Waals surface area contributed by atoms with Gasteiger partial charge in [-0.1, -0.05) is 24.3 Å². The van der Waals surface area contributed by atoms with Crippen LogP contribution in [0.1, 0.15) is 12.0 Å². The Hall–Kier alpha value is -1.98. The van der Waals surface area contributed by atoms with Gasteiger partial charge >= 0.3 is 6.18 Å². The van der Waals surface area contributed by atoms with Crippen LogP contribution in [-0.4, -0.2) is 36.1 Å². The van der Waals surface area contributed by atoms with Crippen molar-refractivity contribution in [2.75, 3.05) is 18.4 Å². The summed E-state index contributed by atoms with van der Waals surface area (Å²) < 4.78 is 37.7. The van der Waals surface area contributed by atoms with Crippen molar-refractivity contribution < 1.29 is 18.0 Å². The zero-order valence-electron chi connectivity index (χ0n) is 11.3. The fraction of sp³-hybridized carbons (Fsp3) is 0.400. The van der Waals surface area contributed by atoms with Crippen molar-refractivity contribution in [2.45, 2.75) is 25.1 Å². The van der Waals surface area contributed by atoms with Gasteiger partial charge in [-0.2, -0.15) is 13.2 Å². The Kier molecular flexibility index (Phi) is 3.39. The van der Waals surface area contributed by atoms with Gasteiger partial charge in [-0.15, -0.1) is 0 Å². The number of halogens is 3. The number of nitrogens with zero attached hydrogens (tertiary/aromatic N) is 1. The Morgan fingerprint density at radius 1 is 1.29 bits per heavy atom. The van der Waals surface area contributed by atoms with Gasteiger partial charge in [0.2, 0.25) is 5.91 Å².